The summed E-state index contributed by atoms with van der Waals surface area (Å²) < 4.78 is 0. The summed E-state index contributed by atoms with van der Waals surface area (Å²) >= 11 is 0. The Morgan fingerprint density at radius 3 is 2.44 bits per heavy atom. The molecule has 0 bridgehead atoms. The van der Waals surface area contributed by atoms with Crippen LogP contribution in [0, 0.1) is 0 Å². The lowest BCUT2D eigenvalue weighted by Gasteiger charge is -1.99. The van der Waals surface area contributed by atoms with E-state index in [1.54, 1.807) is 6.08 Å². The van der Waals surface area contributed by atoms with Gasteiger partial charge in [-0.3, -0.25) is 0 Å². The van der Waals surface area contributed by atoms with Gasteiger partial charge >= 0.3 is 5.97 Å². The summed E-state index contributed by atoms with van der Waals surface area (Å²) in [7, 11) is 0. The third-order valence-corrected chi connectivity index (χ3v) is 2.03. The van der Waals surface area contributed by atoms with Gasteiger partial charge in [-0.1, -0.05) is 36.4 Å². The Morgan fingerprint density at radius 2 is 1.88 bits per heavy atom. The van der Waals surface area contributed by atoms with Gasteiger partial charge in [-0.05, 0) is 30.2 Å². The van der Waals surface area contributed by atoms with Crippen LogP contribution >= 0.6 is 0 Å². The molecule has 3 heteroatoms. The van der Waals surface area contributed by atoms with Crippen LogP contribution in [-0.2, 0) is 4.79 Å². The lowest BCUT2D eigenvalue weighted by atomic mass is 10.1. The Bertz CT molecular complexity index is 408. The van der Waals surface area contributed by atoms with Crippen molar-refractivity contribution in [1.29, 1.82) is 0 Å². The fraction of sp³-hybridized carbons (Fsp3) is 0.154. The van der Waals surface area contributed by atoms with E-state index in [2.05, 4.69) is 0 Å². The maximum atomic E-state index is 10.4. The van der Waals surface area contributed by atoms with Crippen molar-refractivity contribution in [2.45, 2.75) is 6.42 Å². The molecule has 1 rings (SSSR count). The second-order valence-electron chi connectivity index (χ2n) is 3.28. The predicted molar refractivity (Wildman–Crippen MR) is 65.8 cm³/mol. The molecule has 0 aliphatic heterocycles. The molecule has 3 nitrogen and oxygen atoms in total. The highest BCUT2D eigenvalue weighted by Gasteiger charge is 1.94. The summed E-state index contributed by atoms with van der Waals surface area (Å²) in [5, 5.41) is 8.56. The smallest absolute Gasteiger partial charge is 0.328 e. The van der Waals surface area contributed by atoms with E-state index in [0.29, 0.717) is 6.54 Å². The summed E-state index contributed by atoms with van der Waals surface area (Å²) in [5.74, 6) is -0.944. The molecule has 1 aromatic carbocycles. The van der Waals surface area contributed by atoms with Crippen LogP contribution < -0.4 is 5.73 Å². The number of rotatable bonds is 5. The van der Waals surface area contributed by atoms with E-state index in [4.69, 9.17) is 10.8 Å². The number of carbonyl (C=O) groups is 1. The number of carboxylic acid groups (broad SMARTS) is 1. The Balaban J connectivity index is 2.87. The zero-order valence-electron chi connectivity index (χ0n) is 8.97. The van der Waals surface area contributed by atoms with E-state index < -0.39 is 5.97 Å². The molecule has 0 aromatic heterocycles. The summed E-state index contributed by atoms with van der Waals surface area (Å²) in [6, 6.07) is 7.61. The number of hydrogen-bond acceptors (Lipinski definition) is 2. The van der Waals surface area contributed by atoms with Gasteiger partial charge < -0.3 is 10.8 Å². The van der Waals surface area contributed by atoms with Crippen LogP contribution in [0.15, 0.2) is 36.4 Å². The van der Waals surface area contributed by atoms with Crippen LogP contribution in [0.5, 0.6) is 0 Å². The molecule has 0 aliphatic carbocycles. The molecule has 0 radical (unpaired) electrons. The number of nitrogens with two attached hydrogens (primary N) is 1. The molecule has 3 N–H and O–H groups in total. The molecule has 0 aliphatic rings. The van der Waals surface area contributed by atoms with Crippen LogP contribution in [0.4, 0.5) is 0 Å². The van der Waals surface area contributed by atoms with Gasteiger partial charge in [0.2, 0.25) is 0 Å². The van der Waals surface area contributed by atoms with Crippen LogP contribution in [0.25, 0.3) is 12.2 Å². The van der Waals surface area contributed by atoms with Crippen LogP contribution in [-0.4, -0.2) is 17.6 Å². The van der Waals surface area contributed by atoms with Crippen molar-refractivity contribution in [3.63, 3.8) is 0 Å². The zero-order chi connectivity index (χ0) is 11.8. The van der Waals surface area contributed by atoms with E-state index >= 15 is 0 Å². The van der Waals surface area contributed by atoms with Gasteiger partial charge in [0.1, 0.15) is 0 Å². The Labute approximate surface area is 94.9 Å². The van der Waals surface area contributed by atoms with Crippen LogP contribution in [0.2, 0.25) is 0 Å². The van der Waals surface area contributed by atoms with Crippen molar-refractivity contribution >= 4 is 18.1 Å². The molecule has 0 unspecified atom stereocenters. The first-order chi connectivity index (χ1) is 7.74. The molecular weight excluding hydrogens is 202 g/mol. The fourth-order valence-corrected chi connectivity index (χ4v) is 1.28. The first-order valence-electron chi connectivity index (χ1n) is 5.10. The third kappa shape index (κ3) is 4.11. The third-order valence-electron chi connectivity index (χ3n) is 2.03. The van der Waals surface area contributed by atoms with Gasteiger partial charge in [-0.2, -0.15) is 0 Å². The van der Waals surface area contributed by atoms with Crippen molar-refractivity contribution in [2.24, 2.45) is 5.73 Å². The lowest BCUT2D eigenvalue weighted by Crippen LogP contribution is -1.95. The molecular formula is C13H15NO2. The Hall–Kier alpha value is -1.87. The van der Waals surface area contributed by atoms with E-state index in [1.165, 1.54) is 0 Å². The summed E-state index contributed by atoms with van der Waals surface area (Å²) in [6.45, 7) is 0.615. The van der Waals surface area contributed by atoms with Crippen LogP contribution in [0.1, 0.15) is 17.5 Å². The maximum absolute atomic E-state index is 10.4. The van der Waals surface area contributed by atoms with Crippen molar-refractivity contribution < 1.29 is 9.90 Å². The van der Waals surface area contributed by atoms with Gasteiger partial charge in [0.15, 0.2) is 0 Å². The van der Waals surface area contributed by atoms with Crippen molar-refractivity contribution in [1.82, 2.24) is 0 Å². The van der Waals surface area contributed by atoms with Crippen LogP contribution in [0.3, 0.4) is 0 Å². The van der Waals surface area contributed by atoms with Gasteiger partial charge in [0.25, 0.3) is 0 Å². The minimum absolute atomic E-state index is 0.615. The molecule has 0 saturated heterocycles. The Kier molecular flexibility index (Phi) is 5.02. The lowest BCUT2D eigenvalue weighted by molar-refractivity contribution is -0.131. The summed E-state index contributed by atoms with van der Waals surface area (Å²) in [4.78, 5) is 10.4. The molecule has 0 amide bonds. The second-order valence-corrected chi connectivity index (χ2v) is 3.28. The van der Waals surface area contributed by atoms with Gasteiger partial charge in [0.05, 0.1) is 0 Å². The van der Waals surface area contributed by atoms with E-state index in [0.717, 1.165) is 23.6 Å². The van der Waals surface area contributed by atoms with E-state index in [-0.39, 0.29) is 0 Å². The highest BCUT2D eigenvalue weighted by atomic mass is 16.4. The standard InChI is InChI=1S/C13H15NO2/c14-10-4-3-7-11-5-1-2-6-12(11)8-9-13(15)16/h1-3,5-9H,4,10,14H2,(H,15,16)/b7-3?,9-8+. The maximum Gasteiger partial charge on any atom is 0.328 e. The number of hydrogen-bond donors (Lipinski definition) is 2. The minimum atomic E-state index is -0.944. The quantitative estimate of drug-likeness (QED) is 0.743. The van der Waals surface area contributed by atoms with E-state index in [1.807, 2.05) is 36.4 Å². The molecule has 0 heterocycles. The molecule has 0 atom stereocenters. The first kappa shape index (κ1) is 12.2. The summed E-state index contributed by atoms with van der Waals surface area (Å²) in [5.41, 5.74) is 7.27. The predicted octanol–water partition coefficient (Wildman–Crippen LogP) is 2.15. The SMILES string of the molecule is NCCC=Cc1ccccc1/C=C/C(=O)O. The first-order valence-corrected chi connectivity index (χ1v) is 5.10. The van der Waals surface area contributed by atoms with Crippen molar-refractivity contribution in [2.75, 3.05) is 6.54 Å². The molecule has 1 aromatic rings. The highest BCUT2D eigenvalue weighted by molar-refractivity contribution is 5.86. The zero-order valence-corrected chi connectivity index (χ0v) is 8.97. The Morgan fingerprint density at radius 1 is 1.25 bits per heavy atom. The molecule has 0 fully saturated rings. The molecule has 84 valence electrons. The average Bonchev–Trinajstić information content (AvgIpc) is 2.28. The molecule has 0 spiro atoms. The number of benzene rings is 1. The molecule has 16 heavy (non-hydrogen) atoms. The minimum Gasteiger partial charge on any atom is -0.478 e. The topological polar surface area (TPSA) is 63.3 Å². The normalized spacial score (nSPS) is 11.3. The molecule has 0 saturated carbocycles. The van der Waals surface area contributed by atoms with Crippen molar-refractivity contribution in [3.8, 4) is 0 Å². The number of aliphatic carboxylic acids is 1. The largest absolute Gasteiger partial charge is 0.478 e. The highest BCUT2D eigenvalue weighted by Crippen LogP contribution is 2.12. The second kappa shape index (κ2) is 6.58. The van der Waals surface area contributed by atoms with E-state index in [9.17, 15) is 4.79 Å². The monoisotopic (exact) mass is 217 g/mol. The van der Waals surface area contributed by atoms with Crippen molar-refractivity contribution in [3.05, 3.63) is 47.5 Å². The summed E-state index contributed by atoms with van der Waals surface area (Å²) in [6.07, 6.45) is 7.47. The average molecular weight is 217 g/mol. The van der Waals surface area contributed by atoms with Gasteiger partial charge in [0, 0.05) is 6.08 Å². The number of carboxylic acids is 1. The fourth-order valence-electron chi connectivity index (χ4n) is 1.28. The van der Waals surface area contributed by atoms with Gasteiger partial charge in [-0.25, -0.2) is 4.79 Å². The van der Waals surface area contributed by atoms with Gasteiger partial charge in [-0.15, -0.1) is 0 Å².